The van der Waals surface area contributed by atoms with E-state index in [4.69, 9.17) is 10.8 Å². The smallest absolute Gasteiger partial charge is 0.232 e. The maximum absolute atomic E-state index is 13.1. The normalized spacial score (nSPS) is 17.1. The fraction of sp³-hybridized carbons (Fsp3) is 0.519. The van der Waals surface area contributed by atoms with Gasteiger partial charge in [-0.05, 0) is 49.4 Å². The van der Waals surface area contributed by atoms with Crippen LogP contribution in [0, 0.1) is 5.92 Å². The summed E-state index contributed by atoms with van der Waals surface area (Å²) in [7, 11) is 0. The first-order valence-electron chi connectivity index (χ1n) is 11.9. The number of hydrogen-bond donors (Lipinski definition) is 2. The first-order chi connectivity index (χ1) is 15.2. The van der Waals surface area contributed by atoms with Crippen LogP contribution < -0.4 is 5.73 Å². The summed E-state index contributed by atoms with van der Waals surface area (Å²) < 4.78 is 0. The van der Waals surface area contributed by atoms with Crippen molar-refractivity contribution in [2.45, 2.75) is 56.8 Å². The molecule has 0 saturated carbocycles. The van der Waals surface area contributed by atoms with Gasteiger partial charge in [0.1, 0.15) is 5.41 Å². The van der Waals surface area contributed by atoms with E-state index in [9.17, 15) is 4.79 Å². The molecule has 2 aromatic carbocycles. The molecule has 0 unspecified atom stereocenters. The monoisotopic (exact) mass is 422 g/mol. The van der Waals surface area contributed by atoms with Crippen molar-refractivity contribution in [3.63, 3.8) is 0 Å². The third-order valence-electron chi connectivity index (χ3n) is 6.86. The van der Waals surface area contributed by atoms with E-state index < -0.39 is 5.41 Å². The molecule has 1 aliphatic rings. The van der Waals surface area contributed by atoms with Gasteiger partial charge in [0.2, 0.25) is 5.91 Å². The van der Waals surface area contributed by atoms with Crippen LogP contribution in [0.25, 0.3) is 0 Å². The number of amides is 1. The molecule has 4 nitrogen and oxygen atoms in total. The lowest BCUT2D eigenvalue weighted by Crippen LogP contribution is -2.49. The van der Waals surface area contributed by atoms with Gasteiger partial charge in [-0.3, -0.25) is 4.79 Å². The highest BCUT2D eigenvalue weighted by molar-refractivity contribution is 5.91. The molecule has 1 atom stereocenters. The quantitative estimate of drug-likeness (QED) is 0.467. The fourth-order valence-corrected chi connectivity index (χ4v) is 5.25. The third-order valence-corrected chi connectivity index (χ3v) is 6.86. The van der Waals surface area contributed by atoms with Gasteiger partial charge in [0, 0.05) is 13.2 Å². The minimum absolute atomic E-state index is 0.174. The zero-order chi connectivity index (χ0) is 21.9. The lowest BCUT2D eigenvalue weighted by Gasteiger charge is -2.37. The Morgan fingerprint density at radius 2 is 1.39 bits per heavy atom. The first kappa shape index (κ1) is 23.5. The van der Waals surface area contributed by atoms with E-state index in [0.29, 0.717) is 6.61 Å². The Balaban J connectivity index is 1.65. The van der Waals surface area contributed by atoms with Gasteiger partial charge in [-0.1, -0.05) is 92.8 Å². The molecule has 0 radical (unpaired) electrons. The van der Waals surface area contributed by atoms with Crippen molar-refractivity contribution in [3.05, 3.63) is 71.8 Å². The van der Waals surface area contributed by atoms with Crippen LogP contribution in [0.1, 0.15) is 62.5 Å². The number of aliphatic hydroxyl groups excluding tert-OH is 1. The Labute approximate surface area is 187 Å². The predicted octanol–water partition coefficient (Wildman–Crippen LogP) is 4.50. The molecule has 4 heteroatoms. The van der Waals surface area contributed by atoms with Gasteiger partial charge >= 0.3 is 0 Å². The van der Waals surface area contributed by atoms with E-state index >= 15 is 0 Å². The highest BCUT2D eigenvalue weighted by Gasteiger charge is 2.49. The van der Waals surface area contributed by atoms with Crippen LogP contribution in [0.4, 0.5) is 0 Å². The number of hydrogen-bond acceptors (Lipinski definition) is 3. The molecule has 0 bridgehead atoms. The highest BCUT2D eigenvalue weighted by Crippen LogP contribution is 2.43. The van der Waals surface area contributed by atoms with Gasteiger partial charge in [0.05, 0.1) is 0 Å². The molecule has 1 saturated heterocycles. The number of aliphatic hydroxyl groups is 1. The molecule has 0 spiro atoms. The van der Waals surface area contributed by atoms with Crippen molar-refractivity contribution in [3.8, 4) is 0 Å². The second-order valence-electron chi connectivity index (χ2n) is 8.89. The van der Waals surface area contributed by atoms with E-state index in [2.05, 4.69) is 29.2 Å². The van der Waals surface area contributed by atoms with Crippen LogP contribution in [0.5, 0.6) is 0 Å². The zero-order valence-electron chi connectivity index (χ0n) is 18.7. The predicted molar refractivity (Wildman–Crippen MR) is 127 cm³/mol. The molecule has 0 aromatic heterocycles. The molecular formula is C27H38N2O2. The van der Waals surface area contributed by atoms with Crippen molar-refractivity contribution in [1.29, 1.82) is 0 Å². The summed E-state index contributed by atoms with van der Waals surface area (Å²) >= 11 is 0. The minimum atomic E-state index is -0.788. The topological polar surface area (TPSA) is 66.6 Å². The number of rotatable bonds is 13. The Morgan fingerprint density at radius 3 is 1.90 bits per heavy atom. The van der Waals surface area contributed by atoms with Gasteiger partial charge in [-0.2, -0.15) is 0 Å². The number of nitrogens with zero attached hydrogens (tertiary/aromatic N) is 1. The van der Waals surface area contributed by atoms with E-state index in [0.717, 1.165) is 50.0 Å². The van der Waals surface area contributed by atoms with Gasteiger partial charge in [-0.25, -0.2) is 0 Å². The lowest BCUT2D eigenvalue weighted by atomic mass is 9.64. The molecule has 2 aromatic rings. The molecule has 1 aliphatic heterocycles. The summed E-state index contributed by atoms with van der Waals surface area (Å²) in [5.41, 5.74) is 7.40. The lowest BCUT2D eigenvalue weighted by molar-refractivity contribution is -0.123. The number of unbranched alkanes of at least 4 members (excludes halogenated alkanes) is 6. The molecule has 1 heterocycles. The van der Waals surface area contributed by atoms with Crippen molar-refractivity contribution in [2.24, 2.45) is 11.7 Å². The van der Waals surface area contributed by atoms with E-state index in [1.165, 1.54) is 32.1 Å². The van der Waals surface area contributed by atoms with Crippen molar-refractivity contribution < 1.29 is 9.90 Å². The number of primary amides is 1. The molecule has 168 valence electrons. The Morgan fingerprint density at radius 1 is 0.871 bits per heavy atom. The van der Waals surface area contributed by atoms with Gasteiger partial charge in [0.15, 0.2) is 0 Å². The SMILES string of the molecule is NC(=O)C(c1ccccc1)(c1ccccc1)[C@@H]1CCN(CCCCCCCCCO)C1. The number of carbonyl (C=O) groups is 1. The van der Waals surface area contributed by atoms with Crippen LogP contribution in [0.15, 0.2) is 60.7 Å². The number of carbonyl (C=O) groups excluding carboxylic acids is 1. The molecule has 1 amide bonds. The summed E-state index contributed by atoms with van der Waals surface area (Å²) in [6.07, 6.45) is 9.25. The number of likely N-dealkylation sites (tertiary alicyclic amines) is 1. The summed E-state index contributed by atoms with van der Waals surface area (Å²) in [4.78, 5) is 15.6. The molecule has 31 heavy (non-hydrogen) atoms. The highest BCUT2D eigenvalue weighted by atomic mass is 16.2. The number of benzene rings is 2. The van der Waals surface area contributed by atoms with Crippen molar-refractivity contribution >= 4 is 5.91 Å². The second kappa shape index (κ2) is 12.0. The molecule has 3 rings (SSSR count). The Bertz CT molecular complexity index is 739. The van der Waals surface area contributed by atoms with Gasteiger partial charge in [-0.15, -0.1) is 0 Å². The molecule has 1 fully saturated rings. The standard InChI is InChI=1S/C27H38N2O2/c28-26(31)27(23-14-8-6-9-15-23,24-16-10-7-11-17-24)25-18-20-29(22-25)19-12-4-2-1-3-5-13-21-30/h6-11,14-17,25,30H,1-5,12-13,18-22H2,(H2,28,31)/t25-/m1/s1. The van der Waals surface area contributed by atoms with Crippen molar-refractivity contribution in [1.82, 2.24) is 4.90 Å². The summed E-state index contributed by atoms with van der Waals surface area (Å²) in [6.45, 7) is 3.33. The maximum atomic E-state index is 13.1. The molecular weight excluding hydrogens is 384 g/mol. The molecule has 3 N–H and O–H groups in total. The summed E-state index contributed by atoms with van der Waals surface area (Å²) in [6, 6.07) is 20.2. The third kappa shape index (κ3) is 5.75. The average molecular weight is 423 g/mol. The summed E-state index contributed by atoms with van der Waals surface area (Å²) in [5.74, 6) is -0.0760. The first-order valence-corrected chi connectivity index (χ1v) is 11.9. The van der Waals surface area contributed by atoms with Crippen LogP contribution in [0.2, 0.25) is 0 Å². The van der Waals surface area contributed by atoms with Crippen LogP contribution in [0.3, 0.4) is 0 Å². The number of nitrogens with two attached hydrogens (primary N) is 1. The fourth-order valence-electron chi connectivity index (χ4n) is 5.25. The van der Waals surface area contributed by atoms with E-state index in [1.54, 1.807) is 0 Å². The average Bonchev–Trinajstić information content (AvgIpc) is 3.26. The molecule has 0 aliphatic carbocycles. The van der Waals surface area contributed by atoms with E-state index in [1.807, 2.05) is 36.4 Å². The van der Waals surface area contributed by atoms with E-state index in [-0.39, 0.29) is 11.8 Å². The maximum Gasteiger partial charge on any atom is 0.232 e. The Hall–Kier alpha value is -2.17. The van der Waals surface area contributed by atoms with Crippen LogP contribution in [-0.4, -0.2) is 42.2 Å². The van der Waals surface area contributed by atoms with Crippen LogP contribution >= 0.6 is 0 Å². The second-order valence-corrected chi connectivity index (χ2v) is 8.89. The Kier molecular flexibility index (Phi) is 9.11. The summed E-state index contributed by atoms with van der Waals surface area (Å²) in [5, 5.41) is 8.85. The van der Waals surface area contributed by atoms with Crippen LogP contribution in [-0.2, 0) is 10.2 Å². The largest absolute Gasteiger partial charge is 0.396 e. The zero-order valence-corrected chi connectivity index (χ0v) is 18.7. The van der Waals surface area contributed by atoms with Crippen molar-refractivity contribution in [2.75, 3.05) is 26.2 Å². The van der Waals surface area contributed by atoms with Gasteiger partial charge < -0.3 is 15.7 Å². The van der Waals surface area contributed by atoms with Gasteiger partial charge in [0.25, 0.3) is 0 Å². The minimum Gasteiger partial charge on any atom is -0.396 e.